The summed E-state index contributed by atoms with van der Waals surface area (Å²) in [6.45, 7) is 1.84. The fourth-order valence-corrected chi connectivity index (χ4v) is 2.86. The van der Waals surface area contributed by atoms with Crippen LogP contribution in [0.25, 0.3) is 11.3 Å². The van der Waals surface area contributed by atoms with E-state index in [9.17, 15) is 26.3 Å². The van der Waals surface area contributed by atoms with Crippen LogP contribution in [-0.4, -0.2) is 17.5 Å². The topological polar surface area (TPSA) is 23.4 Å². The highest BCUT2D eigenvalue weighted by Gasteiger charge is 2.31. The first-order valence-electron chi connectivity index (χ1n) is 8.49. The van der Waals surface area contributed by atoms with Crippen molar-refractivity contribution < 1.29 is 35.8 Å². The summed E-state index contributed by atoms with van der Waals surface area (Å²) >= 11 is 0. The van der Waals surface area contributed by atoms with E-state index < -0.39 is 29.6 Å². The summed E-state index contributed by atoms with van der Waals surface area (Å²) < 4.78 is 89.5. The van der Waals surface area contributed by atoms with Crippen molar-refractivity contribution in [2.75, 3.05) is 6.61 Å². The molecule has 3 rings (SSSR count). The van der Waals surface area contributed by atoms with Gasteiger partial charge in [0.15, 0.2) is 11.6 Å². The molecule has 0 saturated carbocycles. The summed E-state index contributed by atoms with van der Waals surface area (Å²) in [5.41, 5.74) is 0.275. The fraction of sp³-hybridized carbons (Fsp3) is 0.200. The first-order valence-corrected chi connectivity index (χ1v) is 8.49. The number of hydrogen-bond donors (Lipinski definition) is 0. The van der Waals surface area contributed by atoms with Gasteiger partial charge in [0, 0.05) is 12.7 Å². The van der Waals surface area contributed by atoms with Crippen LogP contribution in [0.5, 0.6) is 11.5 Å². The summed E-state index contributed by atoms with van der Waals surface area (Å²) in [6, 6.07) is 8.11. The Labute approximate surface area is 162 Å². The molecule has 1 aromatic heterocycles. The van der Waals surface area contributed by atoms with Crippen LogP contribution in [0.3, 0.4) is 0 Å². The van der Waals surface area contributed by atoms with Crippen molar-refractivity contribution in [3.05, 3.63) is 71.7 Å². The molecule has 9 heteroatoms. The highest BCUT2D eigenvalue weighted by molar-refractivity contribution is 5.69. The molecule has 0 radical (unpaired) electrons. The molecule has 0 atom stereocenters. The molecule has 0 saturated heterocycles. The van der Waals surface area contributed by atoms with Crippen molar-refractivity contribution in [1.82, 2.24) is 4.57 Å². The quantitative estimate of drug-likeness (QED) is 0.467. The molecule has 29 heavy (non-hydrogen) atoms. The largest absolute Gasteiger partial charge is 0.573 e. The predicted octanol–water partition coefficient (Wildman–Crippen LogP) is 5.92. The standard InChI is InChI=1S/C20H15F6NO2/c1-2-28-17-8-7-15(22)19(23)18(17)16-9-13(21)11-27(16)10-12-3-5-14(6-4-12)29-20(24,25)26/h3-9,11H,2,10H2,1H3. The minimum absolute atomic E-state index is 0.00688. The van der Waals surface area contributed by atoms with Gasteiger partial charge in [0.2, 0.25) is 0 Å². The van der Waals surface area contributed by atoms with E-state index in [2.05, 4.69) is 4.74 Å². The van der Waals surface area contributed by atoms with Crippen LogP contribution in [0.15, 0.2) is 48.7 Å². The number of aromatic nitrogens is 1. The summed E-state index contributed by atoms with van der Waals surface area (Å²) in [5.74, 6) is -3.37. The van der Waals surface area contributed by atoms with Crippen molar-refractivity contribution in [3.8, 4) is 22.8 Å². The second kappa shape index (κ2) is 8.10. The highest BCUT2D eigenvalue weighted by atomic mass is 19.4. The third-order valence-electron chi connectivity index (χ3n) is 3.99. The molecule has 3 nitrogen and oxygen atoms in total. The Balaban J connectivity index is 1.96. The number of hydrogen-bond acceptors (Lipinski definition) is 2. The van der Waals surface area contributed by atoms with Gasteiger partial charge in [-0.2, -0.15) is 0 Å². The summed E-state index contributed by atoms with van der Waals surface area (Å²) in [7, 11) is 0. The van der Waals surface area contributed by atoms with E-state index in [4.69, 9.17) is 4.74 Å². The van der Waals surface area contributed by atoms with Crippen LogP contribution in [0, 0.1) is 17.5 Å². The van der Waals surface area contributed by atoms with Gasteiger partial charge in [0.1, 0.15) is 17.3 Å². The summed E-state index contributed by atoms with van der Waals surface area (Å²) in [4.78, 5) is 0. The Morgan fingerprint density at radius 1 is 0.966 bits per heavy atom. The molecule has 0 unspecified atom stereocenters. The second-order valence-corrected chi connectivity index (χ2v) is 6.03. The van der Waals surface area contributed by atoms with Crippen molar-refractivity contribution in [1.29, 1.82) is 0 Å². The number of ether oxygens (including phenoxy) is 2. The van der Waals surface area contributed by atoms with Crippen LogP contribution in [0.2, 0.25) is 0 Å². The number of alkyl halides is 3. The molecular weight excluding hydrogens is 400 g/mol. The van der Waals surface area contributed by atoms with E-state index in [0.717, 1.165) is 30.5 Å². The van der Waals surface area contributed by atoms with E-state index in [1.165, 1.54) is 22.8 Å². The Kier molecular flexibility index (Phi) is 5.76. The average molecular weight is 415 g/mol. The molecular formula is C20H15F6NO2. The van der Waals surface area contributed by atoms with E-state index in [0.29, 0.717) is 5.56 Å². The van der Waals surface area contributed by atoms with E-state index >= 15 is 0 Å². The third kappa shape index (κ3) is 4.85. The van der Waals surface area contributed by atoms with Crippen molar-refractivity contribution in [2.24, 2.45) is 0 Å². The van der Waals surface area contributed by atoms with Crippen LogP contribution in [0.1, 0.15) is 12.5 Å². The van der Waals surface area contributed by atoms with Crippen molar-refractivity contribution >= 4 is 0 Å². The van der Waals surface area contributed by atoms with E-state index in [1.54, 1.807) is 6.92 Å². The predicted molar refractivity (Wildman–Crippen MR) is 93.1 cm³/mol. The first-order chi connectivity index (χ1) is 13.7. The molecule has 0 N–H and O–H groups in total. The van der Waals surface area contributed by atoms with Gasteiger partial charge in [0.25, 0.3) is 0 Å². The first kappa shape index (κ1) is 20.6. The Morgan fingerprint density at radius 2 is 1.66 bits per heavy atom. The highest BCUT2D eigenvalue weighted by Crippen LogP contribution is 2.35. The number of halogens is 6. The zero-order valence-corrected chi connectivity index (χ0v) is 15.1. The van der Waals surface area contributed by atoms with Gasteiger partial charge in [-0.25, -0.2) is 13.2 Å². The molecule has 154 valence electrons. The van der Waals surface area contributed by atoms with Crippen LogP contribution >= 0.6 is 0 Å². The normalized spacial score (nSPS) is 11.6. The van der Waals surface area contributed by atoms with E-state index in [1.807, 2.05) is 0 Å². The average Bonchev–Trinajstić information content (AvgIpc) is 2.99. The van der Waals surface area contributed by atoms with E-state index in [-0.39, 0.29) is 30.2 Å². The Bertz CT molecular complexity index is 995. The van der Waals surface area contributed by atoms with Crippen LogP contribution in [-0.2, 0) is 6.54 Å². The van der Waals surface area contributed by atoms with Gasteiger partial charge in [-0.1, -0.05) is 12.1 Å². The SMILES string of the molecule is CCOc1ccc(F)c(F)c1-c1cc(F)cn1Cc1ccc(OC(F)(F)F)cc1. The summed E-state index contributed by atoms with van der Waals surface area (Å²) in [5, 5.41) is 0. The third-order valence-corrected chi connectivity index (χ3v) is 3.99. The second-order valence-electron chi connectivity index (χ2n) is 6.03. The molecule has 0 amide bonds. The fourth-order valence-electron chi connectivity index (χ4n) is 2.86. The van der Waals surface area contributed by atoms with Gasteiger partial charge in [0.05, 0.1) is 17.9 Å². The van der Waals surface area contributed by atoms with Gasteiger partial charge in [-0.05, 0) is 42.8 Å². The van der Waals surface area contributed by atoms with Crippen LogP contribution in [0.4, 0.5) is 26.3 Å². The zero-order chi connectivity index (χ0) is 21.2. The molecule has 0 aliphatic heterocycles. The maximum absolute atomic E-state index is 14.5. The van der Waals surface area contributed by atoms with Crippen LogP contribution < -0.4 is 9.47 Å². The molecule has 1 heterocycles. The molecule has 2 aromatic carbocycles. The Morgan fingerprint density at radius 3 is 2.28 bits per heavy atom. The Hall–Kier alpha value is -3.10. The maximum Gasteiger partial charge on any atom is 0.573 e. The molecule has 0 aliphatic rings. The summed E-state index contributed by atoms with van der Waals surface area (Å²) in [6.07, 6.45) is -3.74. The minimum Gasteiger partial charge on any atom is -0.493 e. The molecule has 0 fully saturated rings. The number of benzene rings is 2. The number of nitrogens with zero attached hydrogens (tertiary/aromatic N) is 1. The monoisotopic (exact) mass is 415 g/mol. The molecule has 0 bridgehead atoms. The van der Waals surface area contributed by atoms with Gasteiger partial charge < -0.3 is 14.0 Å². The van der Waals surface area contributed by atoms with Gasteiger partial charge in [-0.3, -0.25) is 0 Å². The molecule has 0 aliphatic carbocycles. The molecule has 0 spiro atoms. The lowest BCUT2D eigenvalue weighted by molar-refractivity contribution is -0.274. The smallest absolute Gasteiger partial charge is 0.493 e. The van der Waals surface area contributed by atoms with Crippen molar-refractivity contribution in [3.63, 3.8) is 0 Å². The lowest BCUT2D eigenvalue weighted by Crippen LogP contribution is -2.17. The maximum atomic E-state index is 14.5. The lowest BCUT2D eigenvalue weighted by Gasteiger charge is -2.15. The number of rotatable bonds is 6. The zero-order valence-electron chi connectivity index (χ0n) is 15.1. The van der Waals surface area contributed by atoms with Gasteiger partial charge in [-0.15, -0.1) is 13.2 Å². The molecule has 3 aromatic rings. The minimum atomic E-state index is -4.82. The van der Waals surface area contributed by atoms with Crippen molar-refractivity contribution in [2.45, 2.75) is 19.8 Å². The lowest BCUT2D eigenvalue weighted by atomic mass is 10.1. The van der Waals surface area contributed by atoms with Gasteiger partial charge >= 0.3 is 6.36 Å².